The van der Waals surface area contributed by atoms with Crippen molar-refractivity contribution in [3.8, 4) is 28.6 Å². The molecule has 0 radical (unpaired) electrons. The molecule has 22 heavy (non-hydrogen) atoms. The highest BCUT2D eigenvalue weighted by Gasteiger charge is 2.10. The summed E-state index contributed by atoms with van der Waals surface area (Å²) in [4.78, 5) is 4.33. The van der Waals surface area contributed by atoms with Crippen molar-refractivity contribution in [2.24, 2.45) is 0 Å². The lowest BCUT2D eigenvalue weighted by Gasteiger charge is -2.03. The number of hydrogen-bond acceptors (Lipinski definition) is 4. The summed E-state index contributed by atoms with van der Waals surface area (Å²) in [5.41, 5.74) is 1.52. The van der Waals surface area contributed by atoms with E-state index in [-0.39, 0.29) is 5.82 Å². The summed E-state index contributed by atoms with van der Waals surface area (Å²) in [6, 6.07) is 13.4. The van der Waals surface area contributed by atoms with Crippen molar-refractivity contribution in [1.29, 1.82) is 0 Å². The Morgan fingerprint density at radius 3 is 2.36 bits per heavy atom. The minimum atomic E-state index is -0.300. The normalized spacial score (nSPS) is 10.6. The first kappa shape index (κ1) is 14.3. The average molecular weight is 298 g/mol. The quantitative estimate of drug-likeness (QED) is 0.703. The third kappa shape index (κ3) is 3.14. The van der Waals surface area contributed by atoms with Gasteiger partial charge < -0.3 is 9.26 Å². The summed E-state index contributed by atoms with van der Waals surface area (Å²) in [5, 5.41) is 3.96. The molecule has 0 amide bonds. The second-order valence-electron chi connectivity index (χ2n) is 4.80. The molecule has 2 aromatic carbocycles. The molecule has 3 aromatic rings. The maximum absolute atomic E-state index is 12.9. The lowest BCUT2D eigenvalue weighted by atomic mass is 10.2. The van der Waals surface area contributed by atoms with Crippen LogP contribution in [0.1, 0.15) is 13.3 Å². The van der Waals surface area contributed by atoms with Gasteiger partial charge >= 0.3 is 0 Å². The molecule has 0 aliphatic rings. The Morgan fingerprint density at radius 1 is 1.00 bits per heavy atom. The molecule has 0 unspecified atom stereocenters. The summed E-state index contributed by atoms with van der Waals surface area (Å²) in [6.45, 7) is 2.75. The Kier molecular flexibility index (Phi) is 4.14. The van der Waals surface area contributed by atoms with Crippen LogP contribution >= 0.6 is 0 Å². The maximum atomic E-state index is 12.9. The molecule has 0 saturated carbocycles. The van der Waals surface area contributed by atoms with E-state index in [1.807, 2.05) is 24.3 Å². The summed E-state index contributed by atoms with van der Waals surface area (Å²) < 4.78 is 23.7. The number of hydrogen-bond donors (Lipinski definition) is 0. The molecule has 1 aromatic heterocycles. The number of ether oxygens (including phenoxy) is 1. The van der Waals surface area contributed by atoms with Crippen molar-refractivity contribution < 1.29 is 13.7 Å². The van der Waals surface area contributed by atoms with Crippen molar-refractivity contribution in [2.45, 2.75) is 13.3 Å². The van der Waals surface area contributed by atoms with Gasteiger partial charge in [-0.25, -0.2) is 4.39 Å². The third-order valence-corrected chi connectivity index (χ3v) is 3.10. The van der Waals surface area contributed by atoms with Crippen LogP contribution in [0.4, 0.5) is 4.39 Å². The molecule has 5 heteroatoms. The highest BCUT2D eigenvalue weighted by Crippen LogP contribution is 2.24. The van der Waals surface area contributed by atoms with Crippen LogP contribution in [0.3, 0.4) is 0 Å². The molecule has 0 saturated heterocycles. The minimum Gasteiger partial charge on any atom is -0.494 e. The molecule has 112 valence electrons. The Labute approximate surface area is 127 Å². The van der Waals surface area contributed by atoms with Crippen LogP contribution in [-0.2, 0) is 0 Å². The van der Waals surface area contributed by atoms with E-state index in [9.17, 15) is 4.39 Å². The molecule has 1 heterocycles. The summed E-state index contributed by atoms with van der Waals surface area (Å²) >= 11 is 0. The monoisotopic (exact) mass is 298 g/mol. The Balaban J connectivity index is 1.79. The lowest BCUT2D eigenvalue weighted by molar-refractivity contribution is 0.317. The Bertz CT molecular complexity index is 736. The van der Waals surface area contributed by atoms with Crippen molar-refractivity contribution in [3.05, 3.63) is 54.3 Å². The van der Waals surface area contributed by atoms with E-state index >= 15 is 0 Å². The van der Waals surface area contributed by atoms with Gasteiger partial charge in [-0.1, -0.05) is 12.1 Å². The molecule has 0 fully saturated rings. The zero-order chi connectivity index (χ0) is 15.4. The lowest BCUT2D eigenvalue weighted by Crippen LogP contribution is -1.94. The molecule has 0 spiro atoms. The van der Waals surface area contributed by atoms with Gasteiger partial charge in [-0.15, -0.1) is 0 Å². The fraction of sp³-hybridized carbons (Fsp3) is 0.176. The van der Waals surface area contributed by atoms with Gasteiger partial charge in [0.15, 0.2) is 0 Å². The van der Waals surface area contributed by atoms with E-state index in [1.54, 1.807) is 12.1 Å². The number of benzene rings is 2. The number of nitrogens with zero attached hydrogens (tertiary/aromatic N) is 2. The third-order valence-electron chi connectivity index (χ3n) is 3.10. The summed E-state index contributed by atoms with van der Waals surface area (Å²) in [5.74, 6) is 1.36. The molecular weight excluding hydrogens is 283 g/mol. The number of aromatic nitrogens is 2. The molecule has 4 nitrogen and oxygen atoms in total. The van der Waals surface area contributed by atoms with E-state index in [2.05, 4.69) is 17.1 Å². The molecular formula is C17H15FN2O2. The Morgan fingerprint density at radius 2 is 1.68 bits per heavy atom. The molecule has 3 rings (SSSR count). The van der Waals surface area contributed by atoms with Crippen LogP contribution in [0.25, 0.3) is 22.8 Å². The van der Waals surface area contributed by atoms with E-state index < -0.39 is 0 Å². The van der Waals surface area contributed by atoms with Crippen LogP contribution in [0.15, 0.2) is 53.1 Å². The summed E-state index contributed by atoms with van der Waals surface area (Å²) in [6.07, 6.45) is 0.966. The highest BCUT2D eigenvalue weighted by atomic mass is 19.1. The van der Waals surface area contributed by atoms with Crippen LogP contribution in [0, 0.1) is 5.82 Å². The van der Waals surface area contributed by atoms with Gasteiger partial charge in [0.2, 0.25) is 5.82 Å². The fourth-order valence-electron chi connectivity index (χ4n) is 1.97. The number of halogens is 1. The predicted octanol–water partition coefficient (Wildman–Crippen LogP) is 4.33. The first-order valence-corrected chi connectivity index (χ1v) is 7.09. The zero-order valence-corrected chi connectivity index (χ0v) is 12.1. The maximum Gasteiger partial charge on any atom is 0.258 e. The van der Waals surface area contributed by atoms with E-state index in [1.165, 1.54) is 12.1 Å². The van der Waals surface area contributed by atoms with Gasteiger partial charge in [0.25, 0.3) is 5.89 Å². The standard InChI is InChI=1S/C17H15FN2O2/c1-2-11-21-15-9-5-12(6-10-15)16-19-17(22-20-16)13-3-7-14(18)8-4-13/h3-10H,2,11H2,1H3. The van der Waals surface area contributed by atoms with Gasteiger partial charge in [-0.2, -0.15) is 4.98 Å². The zero-order valence-electron chi connectivity index (χ0n) is 12.1. The first-order chi connectivity index (χ1) is 10.8. The largest absolute Gasteiger partial charge is 0.494 e. The van der Waals surface area contributed by atoms with Gasteiger partial charge in [0.1, 0.15) is 11.6 Å². The average Bonchev–Trinajstić information content (AvgIpc) is 3.04. The number of rotatable bonds is 5. The Hall–Kier alpha value is -2.69. The minimum absolute atomic E-state index is 0.300. The molecule has 0 bridgehead atoms. The van der Waals surface area contributed by atoms with Crippen LogP contribution in [0.2, 0.25) is 0 Å². The van der Waals surface area contributed by atoms with Gasteiger partial charge in [-0.3, -0.25) is 0 Å². The fourth-order valence-corrected chi connectivity index (χ4v) is 1.97. The van der Waals surface area contributed by atoms with Gasteiger partial charge in [0, 0.05) is 11.1 Å². The highest BCUT2D eigenvalue weighted by molar-refractivity contribution is 5.60. The first-order valence-electron chi connectivity index (χ1n) is 7.09. The van der Waals surface area contributed by atoms with Gasteiger partial charge in [0.05, 0.1) is 6.61 Å². The predicted molar refractivity (Wildman–Crippen MR) is 80.9 cm³/mol. The van der Waals surface area contributed by atoms with Crippen molar-refractivity contribution in [2.75, 3.05) is 6.61 Å². The van der Waals surface area contributed by atoms with Gasteiger partial charge in [-0.05, 0) is 55.0 Å². The molecule has 0 aliphatic heterocycles. The SMILES string of the molecule is CCCOc1ccc(-c2noc(-c3ccc(F)cc3)n2)cc1. The molecule has 0 N–H and O–H groups in total. The molecule has 0 atom stereocenters. The second-order valence-corrected chi connectivity index (χ2v) is 4.80. The van der Waals surface area contributed by atoms with E-state index in [0.717, 1.165) is 17.7 Å². The van der Waals surface area contributed by atoms with Crippen molar-refractivity contribution in [3.63, 3.8) is 0 Å². The van der Waals surface area contributed by atoms with E-state index in [0.29, 0.717) is 23.9 Å². The van der Waals surface area contributed by atoms with Crippen LogP contribution in [0.5, 0.6) is 5.75 Å². The smallest absolute Gasteiger partial charge is 0.258 e. The summed E-state index contributed by atoms with van der Waals surface area (Å²) in [7, 11) is 0. The van der Waals surface area contributed by atoms with Crippen molar-refractivity contribution in [1.82, 2.24) is 10.1 Å². The topological polar surface area (TPSA) is 48.2 Å². The van der Waals surface area contributed by atoms with E-state index in [4.69, 9.17) is 9.26 Å². The second kappa shape index (κ2) is 6.39. The molecule has 0 aliphatic carbocycles. The van der Waals surface area contributed by atoms with Crippen LogP contribution in [-0.4, -0.2) is 16.7 Å². The van der Waals surface area contributed by atoms with Crippen LogP contribution < -0.4 is 4.74 Å². The van der Waals surface area contributed by atoms with Crippen molar-refractivity contribution >= 4 is 0 Å².